The summed E-state index contributed by atoms with van der Waals surface area (Å²) < 4.78 is 14.6. The highest BCUT2D eigenvalue weighted by Crippen LogP contribution is 2.08. The lowest BCUT2D eigenvalue weighted by Crippen LogP contribution is -1.93. The fourth-order valence-electron chi connectivity index (χ4n) is 0.786. The van der Waals surface area contributed by atoms with Crippen LogP contribution in [0.15, 0.2) is 21.3 Å². The highest BCUT2D eigenvalue weighted by molar-refractivity contribution is 4.93. The molecule has 0 aliphatic carbocycles. The third-order valence-corrected chi connectivity index (χ3v) is 1.34. The highest BCUT2D eigenvalue weighted by atomic mass is 16.6. The summed E-state index contributed by atoms with van der Waals surface area (Å²) in [4.78, 5) is 3.85. The zero-order valence-corrected chi connectivity index (χ0v) is 6.93. The Morgan fingerprint density at radius 2 is 2.38 bits per heavy atom. The summed E-state index contributed by atoms with van der Waals surface area (Å²) in [6.07, 6.45) is 1.67. The second kappa shape index (κ2) is 3.26. The van der Waals surface area contributed by atoms with Crippen LogP contribution >= 0.6 is 0 Å². The van der Waals surface area contributed by atoms with E-state index in [1.165, 1.54) is 6.20 Å². The number of aromatic nitrogens is 3. The van der Waals surface area contributed by atoms with Crippen molar-refractivity contribution in [3.05, 3.63) is 23.8 Å². The van der Waals surface area contributed by atoms with Crippen LogP contribution in [0.25, 0.3) is 0 Å². The molecule has 0 N–H and O–H groups in total. The number of ether oxygens (including phenoxy) is 1. The van der Waals surface area contributed by atoms with E-state index in [0.717, 1.165) is 0 Å². The molecule has 0 aliphatic rings. The van der Waals surface area contributed by atoms with Gasteiger partial charge in [-0.15, -0.1) is 0 Å². The molecule has 0 saturated carbocycles. The first-order valence-electron chi connectivity index (χ1n) is 3.67. The Labute approximate surface area is 73.5 Å². The second-order valence-corrected chi connectivity index (χ2v) is 2.37. The summed E-state index contributed by atoms with van der Waals surface area (Å²) in [7, 11) is 0. The Balaban J connectivity index is 1.93. The van der Waals surface area contributed by atoms with Gasteiger partial charge in [0.05, 0.1) is 6.20 Å². The summed E-state index contributed by atoms with van der Waals surface area (Å²) in [5, 5.41) is 7.08. The predicted molar refractivity (Wildman–Crippen MR) is 39.9 cm³/mol. The third-order valence-electron chi connectivity index (χ3n) is 1.34. The van der Waals surface area contributed by atoms with Crippen molar-refractivity contribution < 1.29 is 13.8 Å². The molecular weight excluding hydrogens is 174 g/mol. The summed E-state index contributed by atoms with van der Waals surface area (Å²) in [6, 6.07) is 1.70. The van der Waals surface area contributed by atoms with Gasteiger partial charge in [-0.25, -0.2) is 0 Å². The molecule has 0 radical (unpaired) electrons. The molecule has 6 nitrogen and oxygen atoms in total. The molecule has 2 rings (SSSR count). The van der Waals surface area contributed by atoms with Gasteiger partial charge >= 0.3 is 6.08 Å². The second-order valence-electron chi connectivity index (χ2n) is 2.37. The molecule has 0 aliphatic heterocycles. The average Bonchev–Trinajstić information content (AvgIpc) is 2.71. The van der Waals surface area contributed by atoms with Gasteiger partial charge in [-0.2, -0.15) is 4.98 Å². The van der Waals surface area contributed by atoms with Gasteiger partial charge in [-0.3, -0.25) is 4.52 Å². The molecule has 0 amide bonds. The molecule has 6 heteroatoms. The molecule has 0 bridgehead atoms. The first-order chi connectivity index (χ1) is 6.34. The summed E-state index contributed by atoms with van der Waals surface area (Å²) in [5.74, 6) is 1.14. The van der Waals surface area contributed by atoms with Gasteiger partial charge in [-0.05, 0) is 6.92 Å². The summed E-state index contributed by atoms with van der Waals surface area (Å²) >= 11 is 0. The zero-order valence-electron chi connectivity index (χ0n) is 6.93. The first-order valence-corrected chi connectivity index (χ1v) is 3.67. The molecular formula is C7H7N3O3. The largest absolute Gasteiger partial charge is 0.441 e. The standard InChI is InChI=1S/C7H7N3O3/c1-5-9-7(13-10-5)11-4-6-2-3-8-12-6/h2-3H,4H2,1H3. The van der Waals surface area contributed by atoms with E-state index in [1.54, 1.807) is 13.0 Å². The van der Waals surface area contributed by atoms with Crippen LogP contribution < -0.4 is 4.74 Å². The molecule has 2 aromatic heterocycles. The van der Waals surface area contributed by atoms with E-state index in [1.807, 2.05) is 0 Å². The van der Waals surface area contributed by atoms with Gasteiger partial charge in [0.15, 0.2) is 18.2 Å². The van der Waals surface area contributed by atoms with Crippen molar-refractivity contribution in [3.63, 3.8) is 0 Å². The van der Waals surface area contributed by atoms with E-state index in [2.05, 4.69) is 15.3 Å². The number of hydrogen-bond acceptors (Lipinski definition) is 6. The maximum atomic E-state index is 5.10. The Morgan fingerprint density at radius 1 is 1.46 bits per heavy atom. The number of rotatable bonds is 3. The Bertz CT molecular complexity index is 368. The molecule has 2 aromatic rings. The van der Waals surface area contributed by atoms with E-state index in [9.17, 15) is 0 Å². The molecule has 0 spiro atoms. The van der Waals surface area contributed by atoms with E-state index >= 15 is 0 Å². The summed E-state index contributed by atoms with van der Waals surface area (Å²) in [5.41, 5.74) is 0. The van der Waals surface area contributed by atoms with E-state index in [0.29, 0.717) is 11.6 Å². The smallest absolute Gasteiger partial charge is 0.417 e. The van der Waals surface area contributed by atoms with Gasteiger partial charge < -0.3 is 9.26 Å². The topological polar surface area (TPSA) is 74.2 Å². The van der Waals surface area contributed by atoms with Crippen molar-refractivity contribution in [2.75, 3.05) is 0 Å². The maximum absolute atomic E-state index is 5.10. The van der Waals surface area contributed by atoms with Gasteiger partial charge in [0.25, 0.3) is 0 Å². The minimum Gasteiger partial charge on any atom is -0.441 e. The van der Waals surface area contributed by atoms with Crippen LogP contribution in [0.2, 0.25) is 0 Å². The van der Waals surface area contributed by atoms with Crippen LogP contribution in [0.4, 0.5) is 0 Å². The SMILES string of the molecule is Cc1noc(OCc2ccno2)n1. The van der Waals surface area contributed by atoms with Crippen molar-refractivity contribution in [2.45, 2.75) is 13.5 Å². The van der Waals surface area contributed by atoms with Gasteiger partial charge in [0, 0.05) is 6.07 Å². The third kappa shape index (κ3) is 1.84. The Hall–Kier alpha value is -1.85. The van der Waals surface area contributed by atoms with Crippen molar-refractivity contribution in [1.82, 2.24) is 15.3 Å². The van der Waals surface area contributed by atoms with Crippen LogP contribution in [0, 0.1) is 6.92 Å². The van der Waals surface area contributed by atoms with Gasteiger partial charge in [-0.1, -0.05) is 10.3 Å². The molecule has 13 heavy (non-hydrogen) atoms. The lowest BCUT2D eigenvalue weighted by Gasteiger charge is -1.93. The lowest BCUT2D eigenvalue weighted by atomic mass is 10.5. The zero-order chi connectivity index (χ0) is 9.10. The van der Waals surface area contributed by atoms with Crippen molar-refractivity contribution in [2.24, 2.45) is 0 Å². The number of nitrogens with zero attached hydrogens (tertiary/aromatic N) is 3. The quantitative estimate of drug-likeness (QED) is 0.701. The maximum Gasteiger partial charge on any atom is 0.417 e. The van der Waals surface area contributed by atoms with Crippen molar-refractivity contribution in [3.8, 4) is 6.08 Å². The average molecular weight is 181 g/mol. The molecule has 0 aromatic carbocycles. The van der Waals surface area contributed by atoms with Crippen molar-refractivity contribution >= 4 is 0 Å². The van der Waals surface area contributed by atoms with Crippen LogP contribution in [-0.4, -0.2) is 15.3 Å². The fraction of sp³-hybridized carbons (Fsp3) is 0.286. The minimum atomic E-state index is 0.133. The van der Waals surface area contributed by atoms with E-state index in [-0.39, 0.29) is 12.7 Å². The van der Waals surface area contributed by atoms with Crippen LogP contribution in [-0.2, 0) is 6.61 Å². The minimum absolute atomic E-state index is 0.133. The van der Waals surface area contributed by atoms with Crippen LogP contribution in [0.3, 0.4) is 0 Å². The van der Waals surface area contributed by atoms with Crippen molar-refractivity contribution in [1.29, 1.82) is 0 Å². The monoisotopic (exact) mass is 181 g/mol. The molecule has 68 valence electrons. The number of hydrogen-bond donors (Lipinski definition) is 0. The Morgan fingerprint density at radius 3 is 3.00 bits per heavy atom. The molecule has 0 saturated heterocycles. The Kier molecular flexibility index (Phi) is 1.95. The highest BCUT2D eigenvalue weighted by Gasteiger charge is 2.04. The lowest BCUT2D eigenvalue weighted by molar-refractivity contribution is 0.173. The van der Waals surface area contributed by atoms with E-state index in [4.69, 9.17) is 13.8 Å². The van der Waals surface area contributed by atoms with Gasteiger partial charge in [0.1, 0.15) is 0 Å². The molecule has 0 unspecified atom stereocenters. The van der Waals surface area contributed by atoms with E-state index < -0.39 is 0 Å². The first kappa shape index (κ1) is 7.78. The molecule has 2 heterocycles. The van der Waals surface area contributed by atoms with Crippen LogP contribution in [0.5, 0.6) is 6.08 Å². The van der Waals surface area contributed by atoms with Crippen LogP contribution in [0.1, 0.15) is 11.6 Å². The molecule has 0 atom stereocenters. The predicted octanol–water partition coefficient (Wildman–Crippen LogP) is 0.945. The normalized spacial score (nSPS) is 10.2. The fourth-order valence-corrected chi connectivity index (χ4v) is 0.786. The summed E-state index contributed by atoms with van der Waals surface area (Å²) in [6.45, 7) is 1.95. The van der Waals surface area contributed by atoms with Gasteiger partial charge in [0.2, 0.25) is 0 Å². The molecule has 0 fully saturated rings. The number of aryl methyl sites for hydroxylation is 1.